The Kier molecular flexibility index (Phi) is 4.02. The van der Waals surface area contributed by atoms with Crippen LogP contribution in [0, 0.1) is 45.3 Å². The van der Waals surface area contributed by atoms with Crippen LogP contribution in [0.25, 0.3) is 0 Å². The summed E-state index contributed by atoms with van der Waals surface area (Å²) in [6.07, 6.45) is 14.9. The molecule has 4 heteroatoms. The van der Waals surface area contributed by atoms with Crippen molar-refractivity contribution in [3.05, 3.63) is 0 Å². The molecular weight excluding hydrogens is 396 g/mol. The summed E-state index contributed by atoms with van der Waals surface area (Å²) < 4.78 is 0. The van der Waals surface area contributed by atoms with Crippen LogP contribution in [0.4, 0.5) is 0 Å². The first-order valence-electron chi connectivity index (χ1n) is 13.8. The van der Waals surface area contributed by atoms with Crippen LogP contribution >= 0.6 is 0 Å². The predicted molar refractivity (Wildman–Crippen MR) is 124 cm³/mol. The maximum Gasteiger partial charge on any atom is 0.228 e. The van der Waals surface area contributed by atoms with E-state index in [4.69, 9.17) is 0 Å². The molecule has 9 rings (SSSR count). The molecule has 9 fully saturated rings. The number of rotatable bonds is 2. The minimum atomic E-state index is -0.0699. The van der Waals surface area contributed by atoms with Crippen LogP contribution in [0.3, 0.4) is 0 Å². The van der Waals surface area contributed by atoms with E-state index in [9.17, 15) is 9.59 Å². The Labute approximate surface area is 193 Å². The second kappa shape index (κ2) is 6.33. The van der Waals surface area contributed by atoms with Gasteiger partial charge in [0.1, 0.15) is 0 Å². The van der Waals surface area contributed by atoms with Gasteiger partial charge in [0.05, 0.1) is 10.8 Å². The van der Waals surface area contributed by atoms with Crippen molar-refractivity contribution in [2.45, 2.75) is 90.9 Å². The van der Waals surface area contributed by atoms with Gasteiger partial charge in [-0.25, -0.2) is 0 Å². The van der Waals surface area contributed by atoms with Crippen molar-refractivity contribution in [3.8, 4) is 0 Å². The van der Waals surface area contributed by atoms with Crippen molar-refractivity contribution in [2.75, 3.05) is 26.2 Å². The van der Waals surface area contributed by atoms with E-state index in [-0.39, 0.29) is 10.8 Å². The number of carbonyl (C=O) groups is 2. The highest BCUT2D eigenvalue weighted by Crippen LogP contribution is 2.66. The molecule has 4 atom stereocenters. The van der Waals surface area contributed by atoms with Crippen LogP contribution in [0.15, 0.2) is 0 Å². The molecule has 8 bridgehead atoms. The predicted octanol–water partition coefficient (Wildman–Crippen LogP) is 4.87. The summed E-state index contributed by atoms with van der Waals surface area (Å²) in [6, 6.07) is 0. The standard InChI is InChI=1S/C28H42N2O2/c1-25-9-19-7-20(10-25)14-27(13-19,17-25)23(31)29-3-5-30(6-4-29)24(32)28-15-21-8-22(16-28)12-26(2,11-21)18-28/h19-22H,3-18H2,1-2H3. The molecule has 1 saturated heterocycles. The first-order chi connectivity index (χ1) is 15.2. The van der Waals surface area contributed by atoms with Gasteiger partial charge in [-0.1, -0.05) is 13.8 Å². The maximum atomic E-state index is 13.9. The third-order valence-corrected chi connectivity index (χ3v) is 11.5. The molecule has 0 radical (unpaired) electrons. The third kappa shape index (κ3) is 2.86. The molecule has 0 aromatic rings. The number of hydrogen-bond acceptors (Lipinski definition) is 2. The van der Waals surface area contributed by atoms with Crippen molar-refractivity contribution < 1.29 is 9.59 Å². The van der Waals surface area contributed by atoms with E-state index in [2.05, 4.69) is 23.6 Å². The Balaban J connectivity index is 1.04. The fraction of sp³-hybridized carbons (Fsp3) is 0.929. The van der Waals surface area contributed by atoms with Crippen LogP contribution in [0.1, 0.15) is 90.9 Å². The van der Waals surface area contributed by atoms with Gasteiger partial charge in [-0.05, 0) is 112 Å². The molecule has 0 N–H and O–H groups in total. The number of nitrogens with zero attached hydrogens (tertiary/aromatic N) is 2. The highest BCUT2D eigenvalue weighted by Gasteiger charge is 2.61. The van der Waals surface area contributed by atoms with Gasteiger partial charge in [0.15, 0.2) is 0 Å². The summed E-state index contributed by atoms with van der Waals surface area (Å²) in [4.78, 5) is 32.0. The minimum Gasteiger partial charge on any atom is -0.339 e. The summed E-state index contributed by atoms with van der Waals surface area (Å²) >= 11 is 0. The molecule has 8 saturated carbocycles. The van der Waals surface area contributed by atoms with Crippen molar-refractivity contribution in [1.82, 2.24) is 9.80 Å². The molecular formula is C28H42N2O2. The molecule has 0 aromatic carbocycles. The topological polar surface area (TPSA) is 40.6 Å². The van der Waals surface area contributed by atoms with Crippen molar-refractivity contribution in [3.63, 3.8) is 0 Å². The lowest BCUT2D eigenvalue weighted by atomic mass is 9.44. The van der Waals surface area contributed by atoms with E-state index in [1.807, 2.05) is 0 Å². The monoisotopic (exact) mass is 438 g/mol. The summed E-state index contributed by atoms with van der Waals surface area (Å²) in [5.41, 5.74) is 0.678. The van der Waals surface area contributed by atoms with E-state index in [0.29, 0.717) is 22.6 Å². The van der Waals surface area contributed by atoms with Gasteiger partial charge in [0.25, 0.3) is 0 Å². The van der Waals surface area contributed by atoms with Crippen molar-refractivity contribution in [1.29, 1.82) is 0 Å². The summed E-state index contributed by atoms with van der Waals surface area (Å²) in [5, 5.41) is 0. The molecule has 0 spiro atoms. The van der Waals surface area contributed by atoms with Gasteiger partial charge in [0, 0.05) is 26.2 Å². The Morgan fingerprint density at radius 1 is 0.562 bits per heavy atom. The molecule has 8 aliphatic carbocycles. The molecule has 9 aliphatic rings. The lowest BCUT2D eigenvalue weighted by molar-refractivity contribution is -0.174. The van der Waals surface area contributed by atoms with Gasteiger partial charge >= 0.3 is 0 Å². The van der Waals surface area contributed by atoms with Crippen molar-refractivity contribution in [2.24, 2.45) is 45.3 Å². The molecule has 4 nitrogen and oxygen atoms in total. The van der Waals surface area contributed by atoms with Crippen LogP contribution in [-0.4, -0.2) is 47.8 Å². The van der Waals surface area contributed by atoms with Gasteiger partial charge < -0.3 is 9.80 Å². The second-order valence-electron chi connectivity index (χ2n) is 14.7. The van der Waals surface area contributed by atoms with E-state index < -0.39 is 0 Å². The highest BCUT2D eigenvalue weighted by molar-refractivity contribution is 5.85. The average molecular weight is 439 g/mol. The smallest absolute Gasteiger partial charge is 0.228 e. The van der Waals surface area contributed by atoms with Crippen molar-refractivity contribution >= 4 is 11.8 Å². The highest BCUT2D eigenvalue weighted by atomic mass is 16.2. The molecule has 1 aliphatic heterocycles. The molecule has 4 unspecified atom stereocenters. The van der Waals surface area contributed by atoms with Gasteiger partial charge in [-0.3, -0.25) is 9.59 Å². The van der Waals surface area contributed by atoms with E-state index in [1.54, 1.807) is 0 Å². The Bertz CT molecular complexity index is 757. The van der Waals surface area contributed by atoms with Gasteiger partial charge in [-0.15, -0.1) is 0 Å². The maximum absolute atomic E-state index is 13.9. The zero-order valence-electron chi connectivity index (χ0n) is 20.3. The zero-order valence-corrected chi connectivity index (χ0v) is 20.3. The fourth-order valence-corrected chi connectivity index (χ4v) is 11.7. The average Bonchev–Trinajstić information content (AvgIpc) is 2.69. The van der Waals surface area contributed by atoms with Crippen LogP contribution in [-0.2, 0) is 9.59 Å². The summed E-state index contributed by atoms with van der Waals surface area (Å²) in [6.45, 7) is 7.96. The molecule has 2 amide bonds. The number of amides is 2. The lowest BCUT2D eigenvalue weighted by Gasteiger charge is -2.62. The third-order valence-electron chi connectivity index (χ3n) is 11.5. The molecule has 176 valence electrons. The molecule has 32 heavy (non-hydrogen) atoms. The Morgan fingerprint density at radius 3 is 1.16 bits per heavy atom. The van der Waals surface area contributed by atoms with Crippen LogP contribution in [0.2, 0.25) is 0 Å². The zero-order chi connectivity index (χ0) is 21.9. The molecule has 1 heterocycles. The lowest BCUT2D eigenvalue weighted by Crippen LogP contribution is -2.62. The van der Waals surface area contributed by atoms with E-state index in [0.717, 1.165) is 88.4 Å². The normalized spacial score (nSPS) is 53.2. The summed E-state index contributed by atoms with van der Waals surface area (Å²) in [5.74, 6) is 4.03. The minimum absolute atomic E-state index is 0.0699. The number of piperazine rings is 1. The largest absolute Gasteiger partial charge is 0.339 e. The molecule has 0 aromatic heterocycles. The van der Waals surface area contributed by atoms with Crippen LogP contribution in [0.5, 0.6) is 0 Å². The summed E-state index contributed by atoms with van der Waals surface area (Å²) in [7, 11) is 0. The number of carbonyl (C=O) groups excluding carboxylic acids is 2. The van der Waals surface area contributed by atoms with Gasteiger partial charge in [-0.2, -0.15) is 0 Å². The first kappa shape index (κ1) is 20.3. The number of hydrogen-bond donors (Lipinski definition) is 0. The van der Waals surface area contributed by atoms with E-state index >= 15 is 0 Å². The fourth-order valence-electron chi connectivity index (χ4n) is 11.7. The second-order valence-corrected chi connectivity index (χ2v) is 14.7. The first-order valence-corrected chi connectivity index (χ1v) is 13.8. The Morgan fingerprint density at radius 2 is 0.875 bits per heavy atom. The van der Waals surface area contributed by atoms with E-state index in [1.165, 1.54) is 38.5 Å². The van der Waals surface area contributed by atoms with Gasteiger partial charge in [0.2, 0.25) is 11.8 Å². The Hall–Kier alpha value is -1.06. The van der Waals surface area contributed by atoms with Crippen LogP contribution < -0.4 is 0 Å². The quantitative estimate of drug-likeness (QED) is 0.617. The SMILES string of the molecule is CC12CC3CC(C1)CC(C(=O)N1CCN(C(=O)C45CC6CC(CC(C)(C6)C4)C5)CC1)(C3)C2.